The lowest BCUT2D eigenvalue weighted by atomic mass is 9.63. The lowest BCUT2D eigenvalue weighted by molar-refractivity contribution is -0.0309. The first-order chi connectivity index (χ1) is 13.4. The van der Waals surface area contributed by atoms with Gasteiger partial charge in [0.1, 0.15) is 12.3 Å². The van der Waals surface area contributed by atoms with Gasteiger partial charge in [-0.25, -0.2) is 8.78 Å². The number of halogens is 2. The number of hydrogen-bond donors (Lipinski definition) is 0. The van der Waals surface area contributed by atoms with Crippen LogP contribution in [-0.2, 0) is 0 Å². The van der Waals surface area contributed by atoms with Gasteiger partial charge in [-0.2, -0.15) is 0 Å². The fourth-order valence-electron chi connectivity index (χ4n) is 6.88. The molecule has 164 valence electrons. The highest BCUT2D eigenvalue weighted by molar-refractivity contribution is 4.94. The van der Waals surface area contributed by atoms with Crippen LogP contribution in [0.25, 0.3) is 0 Å². The molecule has 3 aliphatic carbocycles. The fraction of sp³-hybridized carbons (Fsp3) is 1.00. The van der Waals surface area contributed by atoms with E-state index in [-0.39, 0.29) is 11.8 Å². The molecule has 3 aliphatic rings. The van der Waals surface area contributed by atoms with E-state index in [4.69, 9.17) is 0 Å². The van der Waals surface area contributed by atoms with E-state index in [0.717, 1.165) is 56.3 Å². The van der Waals surface area contributed by atoms with Crippen molar-refractivity contribution < 1.29 is 8.78 Å². The molecule has 0 aromatic heterocycles. The largest absolute Gasteiger partial charge is 0.244 e. The third-order valence-corrected chi connectivity index (χ3v) is 9.04. The smallest absolute Gasteiger partial charge is 0.134 e. The highest BCUT2D eigenvalue weighted by Crippen LogP contribution is 2.48. The molecule has 0 aromatic rings. The molecule has 28 heavy (non-hydrogen) atoms. The van der Waals surface area contributed by atoms with Crippen molar-refractivity contribution in [3.8, 4) is 0 Å². The Morgan fingerprint density at radius 3 is 1.75 bits per heavy atom. The monoisotopic (exact) mass is 396 g/mol. The number of rotatable bonds is 6. The molecule has 0 nitrogen and oxygen atoms in total. The van der Waals surface area contributed by atoms with Gasteiger partial charge in [-0.15, -0.1) is 0 Å². The Labute approximate surface area is 173 Å². The zero-order valence-corrected chi connectivity index (χ0v) is 19.0. The van der Waals surface area contributed by atoms with Crippen LogP contribution < -0.4 is 0 Å². The second kappa shape index (κ2) is 10.3. The molecule has 0 aliphatic heterocycles. The minimum absolute atomic E-state index is 0.00382. The SMILES string of the molecule is CC(C)CCC(C)C1CCC(C2CCC(C3CCC(C)CC3)CC2)C(F)C1F. The first kappa shape index (κ1) is 22.5. The Morgan fingerprint density at radius 1 is 0.643 bits per heavy atom. The van der Waals surface area contributed by atoms with Gasteiger partial charge in [0, 0.05) is 0 Å². The molecule has 5 atom stereocenters. The Hall–Kier alpha value is -0.140. The molecule has 0 spiro atoms. The van der Waals surface area contributed by atoms with Gasteiger partial charge >= 0.3 is 0 Å². The van der Waals surface area contributed by atoms with Crippen LogP contribution in [0.1, 0.15) is 105 Å². The van der Waals surface area contributed by atoms with E-state index in [1.165, 1.54) is 38.5 Å². The first-order valence-electron chi connectivity index (χ1n) is 12.6. The van der Waals surface area contributed by atoms with Crippen LogP contribution in [-0.4, -0.2) is 12.3 Å². The molecule has 3 saturated carbocycles. The summed E-state index contributed by atoms with van der Waals surface area (Å²) in [6, 6.07) is 0. The van der Waals surface area contributed by atoms with E-state index in [1.54, 1.807) is 0 Å². The molecule has 0 bridgehead atoms. The van der Waals surface area contributed by atoms with E-state index >= 15 is 8.78 Å². The van der Waals surface area contributed by atoms with Crippen molar-refractivity contribution >= 4 is 0 Å². The minimum atomic E-state index is -1.22. The molecule has 5 unspecified atom stereocenters. The Bertz CT molecular complexity index is 445. The zero-order valence-electron chi connectivity index (χ0n) is 19.0. The third-order valence-electron chi connectivity index (χ3n) is 9.04. The molecule has 0 amide bonds. The zero-order chi connectivity index (χ0) is 20.3. The standard InChI is InChI=1S/C26H46F2/c1-17(2)5-8-19(4)23-15-16-24(26(28)25(23)27)22-13-11-21(12-14-22)20-9-6-18(3)7-10-20/h17-26H,5-16H2,1-4H3. The van der Waals surface area contributed by atoms with Gasteiger partial charge in [0.25, 0.3) is 0 Å². The average Bonchev–Trinajstić information content (AvgIpc) is 2.69. The summed E-state index contributed by atoms with van der Waals surface area (Å²) in [5, 5.41) is 0. The van der Waals surface area contributed by atoms with Gasteiger partial charge in [-0.3, -0.25) is 0 Å². The maximum absolute atomic E-state index is 15.2. The first-order valence-corrected chi connectivity index (χ1v) is 12.6. The van der Waals surface area contributed by atoms with Crippen molar-refractivity contribution in [3.05, 3.63) is 0 Å². The molecular weight excluding hydrogens is 350 g/mol. The molecule has 2 heteroatoms. The maximum atomic E-state index is 15.2. The van der Waals surface area contributed by atoms with Gasteiger partial charge in [0.15, 0.2) is 0 Å². The Balaban J connectivity index is 1.47. The maximum Gasteiger partial charge on any atom is 0.134 e. The summed E-state index contributed by atoms with van der Waals surface area (Å²) in [6.45, 7) is 8.99. The Kier molecular flexibility index (Phi) is 8.25. The van der Waals surface area contributed by atoms with Crippen LogP contribution in [0.2, 0.25) is 0 Å². The van der Waals surface area contributed by atoms with Gasteiger partial charge < -0.3 is 0 Å². The summed E-state index contributed by atoms with van der Waals surface area (Å²) >= 11 is 0. The molecule has 0 radical (unpaired) electrons. The van der Waals surface area contributed by atoms with Crippen molar-refractivity contribution in [1.29, 1.82) is 0 Å². The second-order valence-corrected chi connectivity index (χ2v) is 11.4. The van der Waals surface area contributed by atoms with Crippen LogP contribution in [0, 0.1) is 47.3 Å². The Morgan fingerprint density at radius 2 is 1.18 bits per heavy atom. The van der Waals surface area contributed by atoms with Crippen LogP contribution in [0.3, 0.4) is 0 Å². The second-order valence-electron chi connectivity index (χ2n) is 11.4. The van der Waals surface area contributed by atoms with E-state index in [9.17, 15) is 0 Å². The van der Waals surface area contributed by atoms with Crippen LogP contribution in [0.4, 0.5) is 8.78 Å². The van der Waals surface area contributed by atoms with Gasteiger partial charge in [-0.05, 0) is 98.7 Å². The highest BCUT2D eigenvalue weighted by Gasteiger charge is 2.45. The molecule has 3 fully saturated rings. The molecule has 0 heterocycles. The summed E-state index contributed by atoms with van der Waals surface area (Å²) in [7, 11) is 0. The summed E-state index contributed by atoms with van der Waals surface area (Å²) < 4.78 is 30.2. The van der Waals surface area contributed by atoms with Gasteiger partial charge in [0.2, 0.25) is 0 Å². The van der Waals surface area contributed by atoms with Crippen LogP contribution in [0.5, 0.6) is 0 Å². The summed E-state index contributed by atoms with van der Waals surface area (Å²) in [5.74, 6) is 4.07. The molecule has 3 rings (SSSR count). The van der Waals surface area contributed by atoms with E-state index in [1.807, 2.05) is 0 Å². The van der Waals surface area contributed by atoms with Gasteiger partial charge in [-0.1, -0.05) is 53.4 Å². The van der Waals surface area contributed by atoms with Crippen molar-refractivity contribution in [2.75, 3.05) is 0 Å². The summed E-state index contributed by atoms with van der Waals surface area (Å²) in [5.41, 5.74) is 0. The van der Waals surface area contributed by atoms with E-state index in [0.29, 0.717) is 17.8 Å². The van der Waals surface area contributed by atoms with Crippen LogP contribution >= 0.6 is 0 Å². The predicted octanol–water partition coefficient (Wildman–Crippen LogP) is 8.39. The quantitative estimate of drug-likeness (QED) is 0.423. The minimum Gasteiger partial charge on any atom is -0.244 e. The predicted molar refractivity (Wildman–Crippen MR) is 116 cm³/mol. The third kappa shape index (κ3) is 5.51. The lowest BCUT2D eigenvalue weighted by Crippen LogP contribution is -2.44. The fourth-order valence-corrected chi connectivity index (χ4v) is 6.88. The molecule has 0 aromatic carbocycles. The number of hydrogen-bond acceptors (Lipinski definition) is 0. The van der Waals surface area contributed by atoms with E-state index < -0.39 is 12.3 Å². The average molecular weight is 397 g/mol. The lowest BCUT2D eigenvalue weighted by Gasteiger charge is -2.44. The number of alkyl halides is 2. The normalized spacial score (nSPS) is 43.8. The molecule has 0 saturated heterocycles. The van der Waals surface area contributed by atoms with Crippen LogP contribution in [0.15, 0.2) is 0 Å². The molecular formula is C26H46F2. The van der Waals surface area contributed by atoms with Crippen molar-refractivity contribution in [2.24, 2.45) is 47.3 Å². The van der Waals surface area contributed by atoms with Crippen molar-refractivity contribution in [1.82, 2.24) is 0 Å². The van der Waals surface area contributed by atoms with E-state index in [2.05, 4.69) is 27.7 Å². The van der Waals surface area contributed by atoms with Gasteiger partial charge in [0.05, 0.1) is 0 Å². The van der Waals surface area contributed by atoms with Crippen molar-refractivity contribution in [3.63, 3.8) is 0 Å². The highest BCUT2D eigenvalue weighted by atomic mass is 19.2. The topological polar surface area (TPSA) is 0 Å². The molecule has 0 N–H and O–H groups in total. The van der Waals surface area contributed by atoms with Crippen molar-refractivity contribution in [2.45, 2.75) is 117 Å². The summed E-state index contributed by atoms with van der Waals surface area (Å²) in [6.07, 6.45) is 12.1. The summed E-state index contributed by atoms with van der Waals surface area (Å²) in [4.78, 5) is 0.